The van der Waals surface area contributed by atoms with Gasteiger partial charge in [-0.2, -0.15) is 0 Å². The lowest BCUT2D eigenvalue weighted by Gasteiger charge is -2.29. The molecule has 2 N–H and O–H groups in total. The van der Waals surface area contributed by atoms with Crippen molar-refractivity contribution in [2.75, 3.05) is 40.9 Å². The molecular weight excluding hydrogens is 659 g/mol. The molecule has 0 aliphatic rings. The maximum absolute atomic E-state index is 13.2. The van der Waals surface area contributed by atoms with Crippen molar-refractivity contribution in [3.63, 3.8) is 0 Å². The lowest BCUT2D eigenvalue weighted by atomic mass is 9.92. The number of benzene rings is 4. The van der Waals surface area contributed by atoms with E-state index in [-0.39, 0.29) is 6.61 Å². The molecule has 0 heterocycles. The third-order valence-electron chi connectivity index (χ3n) is 9.45. The number of unbranched alkanes of at least 4 members (excludes halogenated alkanes) is 11. The number of allylic oxidation sites excluding steroid dienone is 1. The molecule has 278 valence electrons. The summed E-state index contributed by atoms with van der Waals surface area (Å²) in [5.41, 5.74) is 0.880. The van der Waals surface area contributed by atoms with Crippen molar-refractivity contribution >= 4 is 52.1 Å². The van der Waals surface area contributed by atoms with Crippen molar-refractivity contribution in [2.45, 2.75) is 96.1 Å². The predicted octanol–water partition coefficient (Wildman–Crippen LogP) is 8.91. The molecule has 0 radical (unpaired) electrons. The van der Waals surface area contributed by atoms with E-state index >= 15 is 0 Å². The van der Waals surface area contributed by atoms with E-state index in [0.717, 1.165) is 51.8 Å². The van der Waals surface area contributed by atoms with Gasteiger partial charge in [-0.25, -0.2) is 0 Å². The third-order valence-corrected chi connectivity index (χ3v) is 10.4. The quantitative estimate of drug-likeness (QED) is 0.0187. The molecule has 0 aliphatic heterocycles. The number of nitrogens with one attached hydrogen (secondary N) is 1. The largest absolute Gasteiger partial charge is 0.756 e. The van der Waals surface area contributed by atoms with Crippen LogP contribution in [0.15, 0.2) is 72.8 Å². The number of phosphoric ester groups is 1. The van der Waals surface area contributed by atoms with Gasteiger partial charge >= 0.3 is 0 Å². The fourth-order valence-electron chi connectivity index (χ4n) is 6.46. The minimum atomic E-state index is -4.66. The van der Waals surface area contributed by atoms with E-state index in [2.05, 4.69) is 60.8 Å². The van der Waals surface area contributed by atoms with Gasteiger partial charge in [0.15, 0.2) is 0 Å². The Labute approximate surface area is 305 Å². The number of carbonyl (C=O) groups is 1. The first-order valence-electron chi connectivity index (χ1n) is 18.9. The number of nitrogens with zero attached hydrogens (tertiary/aromatic N) is 1. The number of quaternary nitrogens is 1. The molecule has 1 unspecified atom stereocenters. The molecule has 4 aromatic rings. The molecule has 0 saturated heterocycles. The number of likely N-dealkylation sites (N-methyl/N-ethyl adjacent to an activating group) is 1. The first-order valence-corrected chi connectivity index (χ1v) is 20.3. The fourth-order valence-corrected chi connectivity index (χ4v) is 7.18. The molecule has 3 atom stereocenters. The van der Waals surface area contributed by atoms with Crippen molar-refractivity contribution in [2.24, 2.45) is 0 Å². The van der Waals surface area contributed by atoms with E-state index in [4.69, 9.17) is 9.05 Å². The summed E-state index contributed by atoms with van der Waals surface area (Å²) < 4.78 is 23.3. The van der Waals surface area contributed by atoms with Crippen LogP contribution in [-0.4, -0.2) is 68.5 Å². The summed E-state index contributed by atoms with van der Waals surface area (Å²) in [7, 11) is 1.13. The van der Waals surface area contributed by atoms with Gasteiger partial charge in [-0.3, -0.25) is 9.36 Å². The number of aliphatic hydroxyl groups is 1. The lowest BCUT2D eigenvalue weighted by Crippen LogP contribution is -2.45. The van der Waals surface area contributed by atoms with Gasteiger partial charge in [0.05, 0.1) is 39.9 Å². The monoisotopic (exact) mass is 718 g/mol. The summed E-state index contributed by atoms with van der Waals surface area (Å²) in [5.74, 6) is -0.473. The summed E-state index contributed by atoms with van der Waals surface area (Å²) in [6, 6.07) is 17.7. The number of phosphoric acid groups is 1. The summed E-state index contributed by atoms with van der Waals surface area (Å²) in [5, 5.41) is 20.6. The van der Waals surface area contributed by atoms with Crippen LogP contribution in [0.3, 0.4) is 0 Å². The second kappa shape index (κ2) is 20.2. The Bertz CT molecular complexity index is 1750. The molecule has 51 heavy (non-hydrogen) atoms. The Morgan fingerprint density at radius 1 is 0.843 bits per heavy atom. The Morgan fingerprint density at radius 2 is 1.43 bits per heavy atom. The SMILES string of the molecule is CCCCCCCCCCCCC/C=C/[C@@H](O)[C@H](COP(=O)([O-])OCC[N+](C)(C)C)NC(=O)/C=C\c1ccc2ccc3cccc4ccc1c2c34. The molecule has 4 aromatic carbocycles. The highest BCUT2D eigenvalue weighted by atomic mass is 31.2. The van der Waals surface area contributed by atoms with Gasteiger partial charge in [0.1, 0.15) is 13.2 Å². The van der Waals surface area contributed by atoms with Gasteiger partial charge in [0.2, 0.25) is 5.91 Å². The van der Waals surface area contributed by atoms with E-state index in [1.807, 2.05) is 33.3 Å². The van der Waals surface area contributed by atoms with Gasteiger partial charge in [0, 0.05) is 6.08 Å². The summed E-state index contributed by atoms with van der Waals surface area (Å²) in [4.78, 5) is 25.8. The van der Waals surface area contributed by atoms with Gasteiger partial charge in [0.25, 0.3) is 7.82 Å². The molecule has 0 aliphatic carbocycles. The van der Waals surface area contributed by atoms with E-state index < -0.39 is 32.5 Å². The van der Waals surface area contributed by atoms with Crippen LogP contribution in [-0.2, 0) is 18.4 Å². The molecule has 0 spiro atoms. The van der Waals surface area contributed by atoms with Crippen molar-refractivity contribution in [3.8, 4) is 0 Å². The first-order chi connectivity index (χ1) is 24.5. The van der Waals surface area contributed by atoms with Crippen molar-refractivity contribution < 1.29 is 32.9 Å². The normalized spacial score (nSPS) is 15.0. The molecule has 9 heteroatoms. The molecular formula is C42H59N2O6P. The van der Waals surface area contributed by atoms with Crippen LogP contribution in [0, 0.1) is 0 Å². The standard InChI is InChI=1S/C42H59N2O6P/c1-5-6-7-8-9-10-11-12-13-14-15-16-17-21-39(45)38(32-50-51(47,48)49-31-30-44(2,3)4)43-40(46)29-27-33-22-23-36-25-24-34-19-18-20-35-26-28-37(33)42(36)41(34)35/h17-29,38-39,45H,5-16,30-32H2,1-4H3,(H-,43,46,47,48)/b21-17+,29-27-/t38-,39+/m0/s1. The second-order valence-corrected chi connectivity index (χ2v) is 16.2. The Morgan fingerprint density at radius 3 is 2.08 bits per heavy atom. The number of rotatable bonds is 24. The average Bonchev–Trinajstić information content (AvgIpc) is 3.09. The minimum absolute atomic E-state index is 0.0369. The highest BCUT2D eigenvalue weighted by Gasteiger charge is 2.23. The number of aliphatic hydroxyl groups excluding tert-OH is 1. The number of carbonyl (C=O) groups excluding carboxylic acids is 1. The number of hydrogen-bond acceptors (Lipinski definition) is 6. The van der Waals surface area contributed by atoms with Crippen LogP contribution in [0.25, 0.3) is 38.4 Å². The molecule has 0 fully saturated rings. The zero-order chi connectivity index (χ0) is 36.7. The van der Waals surface area contributed by atoms with Gasteiger partial charge in [-0.05, 0) is 56.8 Å². The summed E-state index contributed by atoms with van der Waals surface area (Å²) in [6.45, 7) is 2.21. The zero-order valence-electron chi connectivity index (χ0n) is 31.1. The average molecular weight is 719 g/mol. The van der Waals surface area contributed by atoms with Crippen molar-refractivity contribution in [1.82, 2.24) is 5.32 Å². The molecule has 0 saturated carbocycles. The highest BCUT2D eigenvalue weighted by Crippen LogP contribution is 2.38. The van der Waals surface area contributed by atoms with Crippen LogP contribution < -0.4 is 10.2 Å². The van der Waals surface area contributed by atoms with Crippen LogP contribution in [0.4, 0.5) is 0 Å². The maximum atomic E-state index is 13.2. The molecule has 0 bridgehead atoms. The fraction of sp³-hybridized carbons (Fsp3) is 0.500. The smallest absolute Gasteiger partial charge is 0.268 e. The number of amides is 1. The Hall–Kier alpha value is -3.10. The van der Waals surface area contributed by atoms with Crippen molar-refractivity contribution in [1.29, 1.82) is 0 Å². The Balaban J connectivity index is 1.35. The lowest BCUT2D eigenvalue weighted by molar-refractivity contribution is -0.870. The maximum Gasteiger partial charge on any atom is 0.268 e. The van der Waals surface area contributed by atoms with E-state index in [0.29, 0.717) is 11.0 Å². The topological polar surface area (TPSA) is 108 Å². The predicted molar refractivity (Wildman–Crippen MR) is 210 cm³/mol. The van der Waals surface area contributed by atoms with Crippen molar-refractivity contribution in [3.05, 3.63) is 78.4 Å². The highest BCUT2D eigenvalue weighted by molar-refractivity contribution is 7.45. The second-order valence-electron chi connectivity index (χ2n) is 14.8. The first kappa shape index (κ1) is 40.7. The molecule has 1 amide bonds. The molecule has 0 aromatic heterocycles. The zero-order valence-corrected chi connectivity index (χ0v) is 32.0. The molecule has 4 rings (SSSR count). The number of hydrogen-bond donors (Lipinski definition) is 2. The van der Waals surface area contributed by atoms with Crippen LogP contribution in [0.2, 0.25) is 0 Å². The van der Waals surface area contributed by atoms with Crippen LogP contribution >= 0.6 is 7.82 Å². The molecule has 8 nitrogen and oxygen atoms in total. The summed E-state index contributed by atoms with van der Waals surface area (Å²) >= 11 is 0. The van der Waals surface area contributed by atoms with Gasteiger partial charge in [-0.1, -0.05) is 138 Å². The van der Waals surface area contributed by atoms with E-state index in [9.17, 15) is 19.4 Å². The Kier molecular flexibility index (Phi) is 16.1. The van der Waals surface area contributed by atoms with Crippen LogP contribution in [0.1, 0.15) is 89.5 Å². The van der Waals surface area contributed by atoms with E-state index in [1.54, 1.807) is 12.2 Å². The van der Waals surface area contributed by atoms with Gasteiger partial charge in [-0.15, -0.1) is 0 Å². The van der Waals surface area contributed by atoms with Gasteiger partial charge < -0.3 is 28.8 Å². The van der Waals surface area contributed by atoms with E-state index in [1.165, 1.54) is 69.2 Å². The summed E-state index contributed by atoms with van der Waals surface area (Å²) in [6.07, 6.45) is 20.1. The third kappa shape index (κ3) is 13.4. The van der Waals surface area contributed by atoms with Crippen LogP contribution in [0.5, 0.6) is 0 Å². The minimum Gasteiger partial charge on any atom is -0.756 e.